The predicted molar refractivity (Wildman–Crippen MR) is 84.6 cm³/mol. The molecular weight excluding hydrogens is 326 g/mol. The average molecular weight is 338 g/mol. The first-order valence-electron chi connectivity index (χ1n) is 6.42. The van der Waals surface area contributed by atoms with Gasteiger partial charge < -0.3 is 10.1 Å². The lowest BCUT2D eigenvalue weighted by molar-refractivity contribution is -0.143. The molecule has 8 heteroatoms. The van der Waals surface area contributed by atoms with E-state index in [0.717, 1.165) is 4.88 Å². The molecule has 0 aliphatic carbocycles. The van der Waals surface area contributed by atoms with Crippen molar-refractivity contribution in [3.8, 4) is 5.75 Å². The Balaban J connectivity index is 1.87. The molecular formula is C14H12ClN3O3S. The first kappa shape index (κ1) is 14.8. The van der Waals surface area contributed by atoms with E-state index in [-0.39, 0.29) is 0 Å². The third kappa shape index (κ3) is 2.53. The van der Waals surface area contributed by atoms with Gasteiger partial charge in [-0.2, -0.15) is 0 Å². The Hall–Kier alpha value is -2.12. The fraction of sp³-hybridized carbons (Fsp3) is 0.214. The van der Waals surface area contributed by atoms with Crippen molar-refractivity contribution in [3.63, 3.8) is 0 Å². The molecule has 0 bridgehead atoms. The van der Waals surface area contributed by atoms with Crippen LogP contribution in [0.15, 0.2) is 24.4 Å². The van der Waals surface area contributed by atoms with Gasteiger partial charge in [0.1, 0.15) is 5.75 Å². The van der Waals surface area contributed by atoms with Gasteiger partial charge in [-0.3, -0.25) is 14.9 Å². The lowest BCUT2D eigenvalue weighted by Crippen LogP contribution is -2.56. The van der Waals surface area contributed by atoms with Crippen LogP contribution in [0.1, 0.15) is 11.8 Å². The van der Waals surface area contributed by atoms with E-state index in [9.17, 15) is 9.59 Å². The number of carbonyl (C=O) groups is 2. The van der Waals surface area contributed by atoms with Gasteiger partial charge in [0, 0.05) is 16.1 Å². The van der Waals surface area contributed by atoms with E-state index in [1.165, 1.54) is 18.3 Å². The van der Waals surface area contributed by atoms with Crippen LogP contribution in [0.5, 0.6) is 5.75 Å². The Morgan fingerprint density at radius 2 is 2.27 bits per heavy atom. The Bertz CT molecular complexity index is 776. The molecule has 114 valence electrons. The number of rotatable bonds is 2. The highest BCUT2D eigenvalue weighted by Gasteiger charge is 2.47. The number of carbonyl (C=O) groups excluding carboxylic acids is 2. The van der Waals surface area contributed by atoms with Crippen molar-refractivity contribution in [2.24, 2.45) is 0 Å². The zero-order chi connectivity index (χ0) is 15.9. The highest BCUT2D eigenvalue weighted by atomic mass is 35.5. The van der Waals surface area contributed by atoms with Crippen molar-refractivity contribution in [3.05, 3.63) is 34.3 Å². The lowest BCUT2D eigenvalue weighted by Gasteiger charge is -2.33. The molecule has 1 aliphatic rings. The molecule has 0 spiro atoms. The second kappa shape index (κ2) is 5.26. The molecule has 2 aromatic rings. The molecule has 2 amide bonds. The summed E-state index contributed by atoms with van der Waals surface area (Å²) in [6.45, 7) is 3.29. The second-order valence-corrected chi connectivity index (χ2v) is 6.63. The normalized spacial score (nSPS) is 19.9. The molecule has 1 aliphatic heterocycles. The average Bonchev–Trinajstić information content (AvgIpc) is 2.86. The third-order valence-corrected chi connectivity index (χ3v) is 4.28. The summed E-state index contributed by atoms with van der Waals surface area (Å²) in [6.07, 6.45) is 1.64. The maximum Gasteiger partial charge on any atom is 0.280 e. The summed E-state index contributed by atoms with van der Waals surface area (Å²) >= 11 is 7.19. The lowest BCUT2D eigenvalue weighted by atomic mass is 10.0. The van der Waals surface area contributed by atoms with E-state index < -0.39 is 17.4 Å². The van der Waals surface area contributed by atoms with Crippen LogP contribution in [-0.4, -0.2) is 22.4 Å². The van der Waals surface area contributed by atoms with E-state index in [0.29, 0.717) is 21.6 Å². The number of nitrogens with zero attached hydrogens (tertiary/aromatic N) is 1. The summed E-state index contributed by atoms with van der Waals surface area (Å²) in [4.78, 5) is 29.7. The van der Waals surface area contributed by atoms with Gasteiger partial charge in [0.25, 0.3) is 17.4 Å². The van der Waals surface area contributed by atoms with Gasteiger partial charge in [0.15, 0.2) is 5.13 Å². The molecule has 0 saturated heterocycles. The van der Waals surface area contributed by atoms with Gasteiger partial charge in [-0.1, -0.05) is 11.6 Å². The Morgan fingerprint density at radius 3 is 2.95 bits per heavy atom. The highest BCUT2D eigenvalue weighted by Crippen LogP contribution is 2.36. The maximum atomic E-state index is 12.4. The number of hydrogen-bond donors (Lipinski definition) is 2. The van der Waals surface area contributed by atoms with Gasteiger partial charge in [0.2, 0.25) is 0 Å². The zero-order valence-electron chi connectivity index (χ0n) is 11.8. The molecule has 1 atom stereocenters. The van der Waals surface area contributed by atoms with Crippen molar-refractivity contribution in [1.29, 1.82) is 0 Å². The number of ether oxygens (including phenoxy) is 1. The molecule has 0 saturated carbocycles. The van der Waals surface area contributed by atoms with Crippen molar-refractivity contribution in [1.82, 2.24) is 4.98 Å². The van der Waals surface area contributed by atoms with E-state index >= 15 is 0 Å². The topological polar surface area (TPSA) is 80.3 Å². The van der Waals surface area contributed by atoms with Gasteiger partial charge in [0.05, 0.1) is 5.69 Å². The molecule has 2 N–H and O–H groups in total. The van der Waals surface area contributed by atoms with Gasteiger partial charge in [-0.25, -0.2) is 4.98 Å². The summed E-state index contributed by atoms with van der Waals surface area (Å²) in [5.41, 5.74) is -1.24. The van der Waals surface area contributed by atoms with Gasteiger partial charge >= 0.3 is 0 Å². The van der Waals surface area contributed by atoms with Crippen LogP contribution in [0.3, 0.4) is 0 Å². The Morgan fingerprint density at radius 1 is 1.50 bits per heavy atom. The first-order valence-corrected chi connectivity index (χ1v) is 7.62. The molecule has 22 heavy (non-hydrogen) atoms. The van der Waals surface area contributed by atoms with E-state index in [1.54, 1.807) is 24.4 Å². The summed E-state index contributed by atoms with van der Waals surface area (Å²) in [5.74, 6) is -0.759. The number of halogens is 1. The first-order chi connectivity index (χ1) is 10.4. The number of nitrogens with one attached hydrogen (secondary N) is 2. The number of aromatic nitrogens is 1. The van der Waals surface area contributed by atoms with E-state index in [2.05, 4.69) is 15.6 Å². The minimum Gasteiger partial charge on any atom is -0.466 e. The maximum absolute atomic E-state index is 12.4. The molecule has 0 radical (unpaired) electrons. The van der Waals surface area contributed by atoms with Gasteiger partial charge in [-0.15, -0.1) is 11.3 Å². The quantitative estimate of drug-likeness (QED) is 0.826. The minimum absolute atomic E-state index is 0.386. The number of aryl methyl sites for hydroxylation is 1. The van der Waals surface area contributed by atoms with Crippen LogP contribution in [0, 0.1) is 6.92 Å². The van der Waals surface area contributed by atoms with Crippen molar-refractivity contribution in [2.75, 3.05) is 10.6 Å². The predicted octanol–water partition coefficient (Wildman–Crippen LogP) is 2.83. The Labute approximate surface area is 135 Å². The van der Waals surface area contributed by atoms with Gasteiger partial charge in [-0.05, 0) is 32.0 Å². The number of anilines is 2. The van der Waals surface area contributed by atoms with E-state index in [4.69, 9.17) is 16.3 Å². The summed E-state index contributed by atoms with van der Waals surface area (Å²) in [6, 6.07) is 4.80. The smallest absolute Gasteiger partial charge is 0.280 e. The summed E-state index contributed by atoms with van der Waals surface area (Å²) in [7, 11) is 0. The van der Waals surface area contributed by atoms with Crippen LogP contribution in [0.25, 0.3) is 0 Å². The molecule has 1 aromatic heterocycles. The molecule has 1 unspecified atom stereocenters. The number of benzene rings is 1. The number of fused-ring (bicyclic) bond motifs is 1. The standard InChI is InChI=1S/C14H12ClN3O3S/c1-7-6-16-13(22-7)18-12(20)14(2)11(19)17-9-5-8(15)3-4-10(9)21-14/h3-6H,1-2H3,(H,17,19)(H,16,18,20). The fourth-order valence-corrected chi connectivity index (χ4v) is 2.81. The molecule has 2 heterocycles. The molecule has 6 nitrogen and oxygen atoms in total. The molecule has 0 fully saturated rings. The SMILES string of the molecule is Cc1cnc(NC(=O)C2(C)Oc3ccc(Cl)cc3NC2=O)s1. The molecule has 1 aromatic carbocycles. The van der Waals surface area contributed by atoms with Crippen molar-refractivity contribution in [2.45, 2.75) is 19.4 Å². The summed E-state index contributed by atoms with van der Waals surface area (Å²) < 4.78 is 5.62. The largest absolute Gasteiger partial charge is 0.466 e. The fourth-order valence-electron chi connectivity index (χ4n) is 1.98. The number of amides is 2. The number of thiazole rings is 1. The van der Waals surface area contributed by atoms with Crippen molar-refractivity contribution >= 4 is 45.6 Å². The second-order valence-electron chi connectivity index (χ2n) is 4.96. The van der Waals surface area contributed by atoms with Crippen LogP contribution < -0.4 is 15.4 Å². The Kier molecular flexibility index (Phi) is 3.54. The zero-order valence-corrected chi connectivity index (χ0v) is 13.3. The number of hydrogen-bond acceptors (Lipinski definition) is 5. The van der Waals surface area contributed by atoms with Crippen LogP contribution >= 0.6 is 22.9 Å². The monoisotopic (exact) mass is 337 g/mol. The minimum atomic E-state index is -1.68. The van der Waals surface area contributed by atoms with Crippen LogP contribution in [0.4, 0.5) is 10.8 Å². The molecule has 3 rings (SSSR count). The van der Waals surface area contributed by atoms with E-state index in [1.807, 2.05) is 6.92 Å². The van der Waals surface area contributed by atoms with Crippen LogP contribution in [0.2, 0.25) is 5.02 Å². The summed E-state index contributed by atoms with van der Waals surface area (Å²) in [5, 5.41) is 6.12. The van der Waals surface area contributed by atoms with Crippen LogP contribution in [-0.2, 0) is 9.59 Å². The third-order valence-electron chi connectivity index (χ3n) is 3.21. The van der Waals surface area contributed by atoms with Crippen molar-refractivity contribution < 1.29 is 14.3 Å². The highest BCUT2D eigenvalue weighted by molar-refractivity contribution is 7.15.